The van der Waals surface area contributed by atoms with Crippen LogP contribution in [0.1, 0.15) is 11.5 Å². The predicted molar refractivity (Wildman–Crippen MR) is 72.2 cm³/mol. The molecular formula is C16H16ClN. The molecule has 2 heteroatoms. The number of halogens is 1. The van der Waals surface area contributed by atoms with Crippen LogP contribution < -0.4 is 5.73 Å². The van der Waals surface area contributed by atoms with Crippen LogP contribution in [-0.2, 0) is 0 Å². The number of allylic oxidation sites excluding steroid dienone is 2. The summed E-state index contributed by atoms with van der Waals surface area (Å²) >= 11 is 6.35. The fraction of sp³-hybridized carbons (Fsp3) is 0.500. The lowest BCUT2D eigenvalue weighted by atomic mass is 9.26. The molecule has 1 nitrogen and oxygen atoms in total. The Hall–Kier alpha value is -0.790. The van der Waals surface area contributed by atoms with E-state index in [1.54, 1.807) is 0 Å². The highest BCUT2D eigenvalue weighted by atomic mass is 35.5. The van der Waals surface area contributed by atoms with E-state index < -0.39 is 0 Å². The van der Waals surface area contributed by atoms with Crippen molar-refractivity contribution in [1.82, 2.24) is 0 Å². The lowest BCUT2D eigenvalue weighted by Crippen LogP contribution is -2.78. The van der Waals surface area contributed by atoms with E-state index >= 15 is 0 Å². The van der Waals surface area contributed by atoms with Gasteiger partial charge in [-0.15, -0.1) is 0 Å². The second-order valence-electron chi connectivity index (χ2n) is 6.47. The Balaban J connectivity index is 1.50. The van der Waals surface area contributed by atoms with E-state index in [0.717, 1.165) is 40.5 Å². The molecule has 0 heterocycles. The van der Waals surface area contributed by atoms with Crippen molar-refractivity contribution in [1.29, 1.82) is 0 Å². The summed E-state index contributed by atoms with van der Waals surface area (Å²) in [7, 11) is 0. The van der Waals surface area contributed by atoms with Gasteiger partial charge in [-0.05, 0) is 47.1 Å². The van der Waals surface area contributed by atoms with Crippen molar-refractivity contribution in [3.05, 3.63) is 47.0 Å². The molecule has 92 valence electrons. The molecule has 0 aromatic heterocycles. The van der Waals surface area contributed by atoms with Crippen LogP contribution in [0.5, 0.6) is 0 Å². The number of hydrogen-bond donors (Lipinski definition) is 1. The largest absolute Gasteiger partial charge is 0.327 e. The van der Waals surface area contributed by atoms with Gasteiger partial charge in [0.25, 0.3) is 0 Å². The second-order valence-corrected chi connectivity index (χ2v) is 6.88. The first-order chi connectivity index (χ1) is 8.79. The molecule has 4 unspecified atom stereocenters. The minimum Gasteiger partial charge on any atom is -0.327 e. The van der Waals surface area contributed by atoms with Gasteiger partial charge in [-0.3, -0.25) is 0 Å². The molecule has 3 fully saturated rings. The van der Waals surface area contributed by atoms with E-state index in [0.29, 0.717) is 12.0 Å². The number of rotatable bonds is 1. The first-order valence-electron chi connectivity index (χ1n) is 6.97. The Bertz CT molecular complexity index is 566. The smallest absolute Gasteiger partial charge is 0.0441 e. The molecule has 2 N–H and O–H groups in total. The molecule has 4 aliphatic rings. The van der Waals surface area contributed by atoms with Gasteiger partial charge in [0.1, 0.15) is 0 Å². The van der Waals surface area contributed by atoms with Gasteiger partial charge in [-0.1, -0.05) is 42.0 Å². The molecule has 0 spiro atoms. The Morgan fingerprint density at radius 3 is 2.22 bits per heavy atom. The minimum absolute atomic E-state index is 0.339. The van der Waals surface area contributed by atoms with Crippen LogP contribution in [0.4, 0.5) is 0 Å². The highest BCUT2D eigenvalue weighted by Crippen LogP contribution is 2.77. The van der Waals surface area contributed by atoms with Crippen LogP contribution in [0, 0.1) is 35.5 Å². The van der Waals surface area contributed by atoms with Crippen LogP contribution in [0.15, 0.2) is 36.4 Å². The van der Waals surface area contributed by atoms with Crippen molar-refractivity contribution in [2.24, 2.45) is 41.2 Å². The average molecular weight is 258 g/mol. The molecule has 1 aromatic carbocycles. The fourth-order valence-corrected chi connectivity index (χ4v) is 5.66. The Labute approximate surface area is 112 Å². The normalized spacial score (nSPS) is 53.9. The van der Waals surface area contributed by atoms with Crippen molar-refractivity contribution >= 4 is 11.6 Å². The molecule has 0 saturated heterocycles. The Kier molecular flexibility index (Phi) is 1.69. The first kappa shape index (κ1) is 10.1. The van der Waals surface area contributed by atoms with Crippen LogP contribution in [0.2, 0.25) is 5.02 Å². The number of benzene rings is 1. The van der Waals surface area contributed by atoms with Crippen molar-refractivity contribution in [3.8, 4) is 0 Å². The van der Waals surface area contributed by atoms with E-state index in [-0.39, 0.29) is 0 Å². The molecule has 0 radical (unpaired) electrons. The molecule has 0 bridgehead atoms. The van der Waals surface area contributed by atoms with Gasteiger partial charge in [-0.25, -0.2) is 0 Å². The number of nitrogens with two attached hydrogens (primary N) is 1. The van der Waals surface area contributed by atoms with Gasteiger partial charge in [0.15, 0.2) is 0 Å². The Morgan fingerprint density at radius 1 is 0.889 bits per heavy atom. The van der Waals surface area contributed by atoms with Crippen LogP contribution in [-0.4, -0.2) is 6.04 Å². The number of fused-ring (bicyclic) bond motifs is 7. The highest BCUT2D eigenvalue weighted by Gasteiger charge is 2.75. The zero-order valence-electron chi connectivity index (χ0n) is 10.0. The summed E-state index contributed by atoms with van der Waals surface area (Å²) in [6, 6.07) is 8.60. The summed E-state index contributed by atoms with van der Waals surface area (Å²) in [6.07, 6.45) is 4.81. The lowest BCUT2D eigenvalue weighted by molar-refractivity contribution is -0.253. The lowest BCUT2D eigenvalue weighted by Gasteiger charge is -2.78. The van der Waals surface area contributed by atoms with Gasteiger partial charge in [0, 0.05) is 17.0 Å². The molecule has 3 saturated carbocycles. The zero-order valence-corrected chi connectivity index (χ0v) is 10.8. The van der Waals surface area contributed by atoms with Crippen molar-refractivity contribution in [2.45, 2.75) is 12.0 Å². The predicted octanol–water partition coefficient (Wildman–Crippen LogP) is 3.06. The summed E-state index contributed by atoms with van der Waals surface area (Å²) in [4.78, 5) is 0. The SMILES string of the molecule is N[C@@H]1C2C([C@@H]3C4C=CC4[C@H]23)[C@H]1c1ccccc1Cl. The summed E-state index contributed by atoms with van der Waals surface area (Å²) in [5.74, 6) is 5.71. The molecule has 1 aromatic rings. The number of hydrogen-bond acceptors (Lipinski definition) is 1. The quantitative estimate of drug-likeness (QED) is 0.769. The monoisotopic (exact) mass is 257 g/mol. The highest BCUT2D eigenvalue weighted by molar-refractivity contribution is 6.31. The standard InChI is InChI=1S/C16H16ClN/c17-10-4-2-1-3-9(10)13-14-11-7-5-6-8(7)12(11)15(14)16(13)18/h1-8,11-16H,18H2/t7?,8?,11-,12+,13-,14?,15?,16+/m1/s1. The van der Waals surface area contributed by atoms with Crippen molar-refractivity contribution in [3.63, 3.8) is 0 Å². The zero-order chi connectivity index (χ0) is 12.0. The van der Waals surface area contributed by atoms with Crippen LogP contribution in [0.25, 0.3) is 0 Å². The Morgan fingerprint density at radius 2 is 1.56 bits per heavy atom. The van der Waals surface area contributed by atoms with Crippen molar-refractivity contribution < 1.29 is 0 Å². The topological polar surface area (TPSA) is 26.0 Å². The van der Waals surface area contributed by atoms with Gasteiger partial charge in [0.05, 0.1) is 0 Å². The van der Waals surface area contributed by atoms with E-state index in [2.05, 4.69) is 24.3 Å². The van der Waals surface area contributed by atoms with Crippen molar-refractivity contribution in [2.75, 3.05) is 0 Å². The third kappa shape index (κ3) is 0.876. The molecule has 8 atom stereocenters. The maximum absolute atomic E-state index is 6.44. The van der Waals surface area contributed by atoms with E-state index in [1.807, 2.05) is 12.1 Å². The molecule has 0 aliphatic heterocycles. The summed E-state index contributed by atoms with van der Waals surface area (Å²) in [6.45, 7) is 0. The average Bonchev–Trinajstić information content (AvgIpc) is 2.33. The first-order valence-corrected chi connectivity index (χ1v) is 7.35. The van der Waals surface area contributed by atoms with Crippen LogP contribution >= 0.6 is 11.6 Å². The van der Waals surface area contributed by atoms with E-state index in [9.17, 15) is 0 Å². The molecule has 18 heavy (non-hydrogen) atoms. The van der Waals surface area contributed by atoms with E-state index in [4.69, 9.17) is 17.3 Å². The maximum Gasteiger partial charge on any atom is 0.0441 e. The third-order valence-electron chi connectivity index (χ3n) is 6.20. The summed E-state index contributed by atoms with van der Waals surface area (Å²) in [5, 5.41) is 0.903. The minimum atomic E-state index is 0.339. The third-order valence-corrected chi connectivity index (χ3v) is 6.55. The summed E-state index contributed by atoms with van der Waals surface area (Å²) in [5.41, 5.74) is 7.73. The molecule has 4 aliphatic carbocycles. The molecular weight excluding hydrogens is 242 g/mol. The fourth-order valence-electron chi connectivity index (χ4n) is 5.40. The van der Waals surface area contributed by atoms with Crippen LogP contribution in [0.3, 0.4) is 0 Å². The van der Waals surface area contributed by atoms with Gasteiger partial charge < -0.3 is 5.73 Å². The van der Waals surface area contributed by atoms with Gasteiger partial charge >= 0.3 is 0 Å². The summed E-state index contributed by atoms with van der Waals surface area (Å²) < 4.78 is 0. The maximum atomic E-state index is 6.44. The second kappa shape index (κ2) is 3.02. The molecule has 5 rings (SSSR count). The van der Waals surface area contributed by atoms with Gasteiger partial charge in [0.2, 0.25) is 0 Å². The van der Waals surface area contributed by atoms with E-state index in [1.165, 1.54) is 5.56 Å². The molecule has 0 amide bonds. The van der Waals surface area contributed by atoms with Gasteiger partial charge in [-0.2, -0.15) is 0 Å².